The van der Waals surface area contributed by atoms with Crippen molar-refractivity contribution in [2.75, 3.05) is 0 Å². The van der Waals surface area contributed by atoms with E-state index in [-0.39, 0.29) is 35.6 Å². The molecule has 1 fully saturated rings. The minimum absolute atomic E-state index is 0. The summed E-state index contributed by atoms with van der Waals surface area (Å²) < 4.78 is 1.52. The van der Waals surface area contributed by atoms with Crippen molar-refractivity contribution in [1.29, 1.82) is 0 Å². The number of allylic oxidation sites excluding steroid dienone is 4. The first-order chi connectivity index (χ1) is 22.1. The molecule has 0 atom stereocenters. The molecule has 0 aliphatic heterocycles. The van der Waals surface area contributed by atoms with Gasteiger partial charge in [0.25, 0.3) is 0 Å². The molecule has 0 aromatic heterocycles. The van der Waals surface area contributed by atoms with Crippen LogP contribution in [0.4, 0.5) is 0 Å². The van der Waals surface area contributed by atoms with Gasteiger partial charge in [0, 0.05) is 0 Å². The van der Waals surface area contributed by atoms with Gasteiger partial charge in [-0.05, 0) is 0 Å². The fourth-order valence-electron chi connectivity index (χ4n) is 8.32. The zero-order valence-corrected chi connectivity index (χ0v) is 33.3. The van der Waals surface area contributed by atoms with E-state index in [1.807, 2.05) is 0 Å². The quantitative estimate of drug-likeness (QED) is 0.294. The largest absolute Gasteiger partial charge is 1.00 e. The smallest absolute Gasteiger partial charge is 1.00 e. The first-order valence-corrected chi connectivity index (χ1v) is 18.6. The third-order valence-electron chi connectivity index (χ3n) is 10.4. The number of fused-ring (bicyclic) bond motifs is 2. The zero-order valence-electron chi connectivity index (χ0n) is 29.3. The molecule has 0 amide bonds. The molecule has 0 bridgehead atoms. The minimum atomic E-state index is -0.0183. The zero-order chi connectivity index (χ0) is 32.2. The summed E-state index contributed by atoms with van der Waals surface area (Å²) in [6, 6.07) is 30.0. The van der Waals surface area contributed by atoms with Gasteiger partial charge >= 0.3 is 293 Å². The second-order valence-corrected chi connectivity index (χ2v) is 16.9. The summed E-state index contributed by atoms with van der Waals surface area (Å²) in [6.07, 6.45) is 14.6. The predicted octanol–water partition coefficient (Wildman–Crippen LogP) is 4.23. The summed E-state index contributed by atoms with van der Waals surface area (Å²) in [6.45, 7) is 14.5. The Bertz CT molecular complexity index is 2060. The Morgan fingerprint density at radius 2 is 1.29 bits per heavy atom. The van der Waals surface area contributed by atoms with Gasteiger partial charge in [-0.15, -0.1) is 0 Å². The monoisotopic (exact) mass is 747 g/mol. The normalized spacial score (nSPS) is 15.8. The molecule has 0 spiro atoms. The van der Waals surface area contributed by atoms with Crippen molar-refractivity contribution in [2.24, 2.45) is 0 Å². The van der Waals surface area contributed by atoms with Gasteiger partial charge in [0.05, 0.1) is 0 Å². The van der Waals surface area contributed by atoms with Gasteiger partial charge in [0.1, 0.15) is 0 Å². The van der Waals surface area contributed by atoms with Crippen molar-refractivity contribution >= 4 is 14.4 Å². The second kappa shape index (κ2) is 14.4. The topological polar surface area (TPSA) is 0 Å². The Labute approximate surface area is 315 Å². The molecule has 48 heavy (non-hydrogen) atoms. The van der Waals surface area contributed by atoms with E-state index in [2.05, 4.69) is 139 Å². The van der Waals surface area contributed by atoms with Crippen molar-refractivity contribution in [2.45, 2.75) is 96.8 Å². The average Bonchev–Trinajstić information content (AvgIpc) is 3.68. The van der Waals surface area contributed by atoms with Gasteiger partial charge in [0.15, 0.2) is 0 Å². The van der Waals surface area contributed by atoms with Crippen LogP contribution in [-0.2, 0) is 35.5 Å². The molecule has 4 aromatic carbocycles. The van der Waals surface area contributed by atoms with E-state index in [0.29, 0.717) is 5.92 Å². The summed E-state index contributed by atoms with van der Waals surface area (Å²) in [4.78, 5) is 0. The standard InChI is InChI=1S/C45H47.2ClH.Zr/c1-44(2,3)35-26-27-36-34(28-35)29-37-39(32-24-16-17-25-32)43(45(4,5)6)40(33-22-14-9-15-23-33)42(41(36)37)38(30-18-10-7-11-19-30)31-20-12-8-13-21-31;;;/h7-8,10-13,16-21,24,26-28,33H,9,14-15,22-23,25H2,1-6H3;2*1H;/q;;;+2/p-2. The fourth-order valence-corrected chi connectivity index (χ4v) is 9.44. The molecule has 0 saturated heterocycles. The molecule has 0 nitrogen and oxygen atoms in total. The molecule has 3 aliphatic rings. The summed E-state index contributed by atoms with van der Waals surface area (Å²) in [5, 5.41) is 5.87. The number of benzene rings is 4. The maximum atomic E-state index is 2.54. The molecule has 3 aliphatic carbocycles. The van der Waals surface area contributed by atoms with Crippen LogP contribution in [0.5, 0.6) is 0 Å². The Kier molecular flexibility index (Phi) is 11.1. The first-order valence-electron chi connectivity index (χ1n) is 17.4. The number of rotatable bonds is 4. The van der Waals surface area contributed by atoms with Gasteiger partial charge in [-0.2, -0.15) is 0 Å². The Hall–Kier alpha value is -2.44. The third-order valence-corrected chi connectivity index (χ3v) is 11.7. The van der Waals surface area contributed by atoms with Crippen molar-refractivity contribution in [1.82, 2.24) is 0 Å². The van der Waals surface area contributed by atoms with Crippen LogP contribution in [0.25, 0.3) is 14.4 Å². The van der Waals surface area contributed by atoms with Crippen LogP contribution in [0.3, 0.4) is 0 Å². The molecule has 245 valence electrons. The molecule has 0 radical (unpaired) electrons. The molecular weight excluding hydrogens is 703 g/mol. The van der Waals surface area contributed by atoms with Gasteiger partial charge in [0.2, 0.25) is 0 Å². The van der Waals surface area contributed by atoms with Gasteiger partial charge in [-0.25, -0.2) is 0 Å². The molecule has 4 aromatic rings. The van der Waals surface area contributed by atoms with Crippen molar-refractivity contribution in [3.8, 4) is 0 Å². The van der Waals surface area contributed by atoms with E-state index >= 15 is 0 Å². The van der Waals surface area contributed by atoms with Crippen molar-refractivity contribution < 1.29 is 49.5 Å². The minimum Gasteiger partial charge on any atom is -1.00 e. The third kappa shape index (κ3) is 6.57. The predicted molar refractivity (Wildman–Crippen MR) is 192 cm³/mol. The maximum absolute atomic E-state index is 2.54. The van der Waals surface area contributed by atoms with E-state index < -0.39 is 0 Å². The van der Waals surface area contributed by atoms with Crippen LogP contribution < -0.4 is 35.3 Å². The molecule has 7 rings (SSSR count). The van der Waals surface area contributed by atoms with Crippen LogP contribution in [0.2, 0.25) is 0 Å². The van der Waals surface area contributed by atoms with E-state index in [9.17, 15) is 0 Å². The Morgan fingerprint density at radius 3 is 1.81 bits per heavy atom. The summed E-state index contributed by atoms with van der Waals surface area (Å²) in [5.41, 5.74) is 13.3. The van der Waals surface area contributed by atoms with E-state index in [1.165, 1.54) is 120 Å². The second-order valence-electron chi connectivity index (χ2n) is 15.7. The van der Waals surface area contributed by atoms with Gasteiger partial charge in [-0.3, -0.25) is 0 Å². The van der Waals surface area contributed by atoms with Crippen LogP contribution in [0, 0.1) is 10.4 Å². The SMILES string of the molecule is CC(C)(C)c1ccc2c(c1)=[C]([Zr+2])c1c(C3=CC=CC3)c(C(C)(C)C)c(C3CCCCC3)c(=C(c3ccccc3)c3ccccc3)c1=2.[Cl-].[Cl-]. The van der Waals surface area contributed by atoms with Crippen molar-refractivity contribution in [3.05, 3.63) is 157 Å². The van der Waals surface area contributed by atoms with Gasteiger partial charge < -0.3 is 24.8 Å². The number of hydrogen-bond donors (Lipinski definition) is 0. The molecule has 3 heteroatoms. The number of halogens is 2. The van der Waals surface area contributed by atoms with Crippen LogP contribution in [0.15, 0.2) is 97.1 Å². The summed E-state index contributed by atoms with van der Waals surface area (Å²) in [5.74, 6) is 0.547. The Morgan fingerprint density at radius 1 is 0.688 bits per heavy atom. The summed E-state index contributed by atoms with van der Waals surface area (Å²) >= 11 is 1.49. The van der Waals surface area contributed by atoms with E-state index in [4.69, 9.17) is 0 Å². The molecular formula is C45H47Cl2Zr. The van der Waals surface area contributed by atoms with E-state index in [1.54, 1.807) is 11.1 Å². The molecule has 0 N–H and O–H groups in total. The van der Waals surface area contributed by atoms with E-state index in [0.717, 1.165) is 6.42 Å². The maximum Gasteiger partial charge on any atom is -1.00 e. The Balaban J connectivity index is 0.00000225. The van der Waals surface area contributed by atoms with Gasteiger partial charge in [-0.1, -0.05) is 0 Å². The molecule has 0 unspecified atom stereocenters. The van der Waals surface area contributed by atoms with Crippen LogP contribution in [0.1, 0.15) is 125 Å². The first kappa shape index (κ1) is 36.8. The van der Waals surface area contributed by atoms with Crippen molar-refractivity contribution in [3.63, 3.8) is 0 Å². The summed E-state index contributed by atoms with van der Waals surface area (Å²) in [7, 11) is 0. The average molecular weight is 750 g/mol. The molecule has 1 saturated carbocycles. The number of hydrogen-bond acceptors (Lipinski definition) is 0. The fraction of sp³-hybridized carbons (Fsp3) is 0.333. The van der Waals surface area contributed by atoms with Crippen LogP contribution in [-0.4, -0.2) is 0 Å². The van der Waals surface area contributed by atoms with Crippen LogP contribution >= 0.6 is 0 Å². The molecule has 0 heterocycles.